The first-order valence-corrected chi connectivity index (χ1v) is 10.6. The maximum atomic E-state index is 13.0. The average molecular weight is 454 g/mol. The lowest BCUT2D eigenvalue weighted by Gasteiger charge is -2.26. The lowest BCUT2D eigenvalue weighted by molar-refractivity contribution is 0.263. The van der Waals surface area contributed by atoms with Crippen LogP contribution >= 0.6 is 27.5 Å². The summed E-state index contributed by atoms with van der Waals surface area (Å²) >= 11 is 9.81. The number of nitrogens with zero attached hydrogens (tertiary/aromatic N) is 1. The van der Waals surface area contributed by atoms with Crippen molar-refractivity contribution in [1.82, 2.24) is 9.71 Å². The van der Waals surface area contributed by atoms with Crippen LogP contribution in [0.1, 0.15) is 18.0 Å². The van der Waals surface area contributed by atoms with Crippen LogP contribution in [0.15, 0.2) is 58.0 Å². The molecule has 5 nitrogen and oxygen atoms in total. The molecule has 0 radical (unpaired) electrons. The molecule has 1 aromatic heterocycles. The van der Waals surface area contributed by atoms with Gasteiger partial charge in [0.2, 0.25) is 10.0 Å². The molecule has 1 atom stereocenters. The minimum Gasteiger partial charge on any atom is -0.493 e. The van der Waals surface area contributed by atoms with Crippen LogP contribution in [0.2, 0.25) is 5.02 Å². The fourth-order valence-corrected chi connectivity index (χ4v) is 5.30. The summed E-state index contributed by atoms with van der Waals surface area (Å²) in [7, 11) is -3.85. The summed E-state index contributed by atoms with van der Waals surface area (Å²) in [5.41, 5.74) is 1.43. The van der Waals surface area contributed by atoms with Crippen molar-refractivity contribution in [3.8, 4) is 5.75 Å². The van der Waals surface area contributed by atoms with Crippen LogP contribution in [0.3, 0.4) is 0 Å². The Bertz CT molecular complexity index is 1100. The van der Waals surface area contributed by atoms with Gasteiger partial charge in [-0.05, 0) is 28.1 Å². The smallest absolute Gasteiger partial charge is 0.244 e. The number of benzene rings is 2. The first-order valence-electron chi connectivity index (χ1n) is 7.94. The van der Waals surface area contributed by atoms with Crippen molar-refractivity contribution in [2.45, 2.75) is 17.4 Å². The molecule has 0 fully saturated rings. The van der Waals surface area contributed by atoms with E-state index in [1.54, 1.807) is 12.1 Å². The van der Waals surface area contributed by atoms with Crippen molar-refractivity contribution < 1.29 is 13.2 Å². The van der Waals surface area contributed by atoms with Crippen molar-refractivity contribution in [2.24, 2.45) is 0 Å². The number of para-hydroxylation sites is 2. The number of sulfonamides is 1. The summed E-state index contributed by atoms with van der Waals surface area (Å²) in [6.45, 7) is 0.445. The molecule has 0 spiro atoms. The van der Waals surface area contributed by atoms with Crippen molar-refractivity contribution in [1.29, 1.82) is 0 Å². The summed E-state index contributed by atoms with van der Waals surface area (Å²) in [6.07, 6.45) is 1.84. The maximum absolute atomic E-state index is 13.0. The number of ether oxygens (including phenoxy) is 1. The number of hydrogen-bond donors (Lipinski definition) is 1. The van der Waals surface area contributed by atoms with Crippen LogP contribution in [-0.4, -0.2) is 20.0 Å². The highest BCUT2D eigenvalue weighted by atomic mass is 79.9. The molecule has 1 aliphatic rings. The highest BCUT2D eigenvalue weighted by Gasteiger charge is 2.28. The van der Waals surface area contributed by atoms with Gasteiger partial charge in [0.05, 0.1) is 23.2 Å². The lowest BCUT2D eigenvalue weighted by atomic mass is 10.0. The highest BCUT2D eigenvalue weighted by molar-refractivity contribution is 9.10. The molecule has 3 aromatic rings. The summed E-state index contributed by atoms with van der Waals surface area (Å²) in [5.74, 6) is 0.693. The normalized spacial score (nSPS) is 16.9. The average Bonchev–Trinajstić information content (AvgIpc) is 2.63. The van der Waals surface area contributed by atoms with Gasteiger partial charge < -0.3 is 4.74 Å². The van der Waals surface area contributed by atoms with E-state index >= 15 is 0 Å². The second-order valence-electron chi connectivity index (χ2n) is 5.92. The molecule has 1 N–H and O–H groups in total. The summed E-state index contributed by atoms with van der Waals surface area (Å²) in [6, 6.07) is 12.4. The van der Waals surface area contributed by atoms with Crippen LogP contribution < -0.4 is 9.46 Å². The summed E-state index contributed by atoms with van der Waals surface area (Å²) < 4.78 is 35.0. The number of nitrogens with one attached hydrogen (secondary N) is 1. The molecule has 0 unspecified atom stereocenters. The van der Waals surface area contributed by atoms with Gasteiger partial charge in [-0.3, -0.25) is 4.98 Å². The Labute approximate surface area is 164 Å². The van der Waals surface area contributed by atoms with Gasteiger partial charge in [-0.2, -0.15) is 0 Å². The van der Waals surface area contributed by atoms with Gasteiger partial charge in [-0.1, -0.05) is 41.9 Å². The zero-order chi connectivity index (χ0) is 18.3. The first-order chi connectivity index (χ1) is 12.5. The molecule has 0 aliphatic carbocycles. The van der Waals surface area contributed by atoms with E-state index in [2.05, 4.69) is 25.6 Å². The number of pyridine rings is 1. The third-order valence-corrected chi connectivity index (χ3v) is 6.94. The predicted octanol–water partition coefficient (Wildman–Crippen LogP) is 4.45. The topological polar surface area (TPSA) is 68.3 Å². The SMILES string of the molecule is O=S(=O)(N[C@H]1CCOc2ccccc21)c1cnc2c(Br)cccc2c1Cl. The highest BCUT2D eigenvalue weighted by Crippen LogP contribution is 2.35. The molecule has 0 bridgehead atoms. The fourth-order valence-electron chi connectivity index (χ4n) is 3.04. The maximum Gasteiger partial charge on any atom is 0.244 e. The second-order valence-corrected chi connectivity index (χ2v) is 8.84. The number of aromatic nitrogens is 1. The summed E-state index contributed by atoms with van der Waals surface area (Å²) in [4.78, 5) is 4.24. The summed E-state index contributed by atoms with van der Waals surface area (Å²) in [5, 5.41) is 0.737. The van der Waals surface area contributed by atoms with Gasteiger partial charge in [0.25, 0.3) is 0 Å². The predicted molar refractivity (Wildman–Crippen MR) is 104 cm³/mol. The Morgan fingerprint density at radius 1 is 1.19 bits per heavy atom. The second kappa shape index (κ2) is 6.81. The van der Waals surface area contributed by atoms with Crippen molar-refractivity contribution in [3.05, 3.63) is 63.7 Å². The molecule has 8 heteroatoms. The molecular formula is C18H14BrClN2O3S. The van der Waals surface area contributed by atoms with E-state index in [1.165, 1.54) is 6.20 Å². The standard InChI is InChI=1S/C18H14BrClN2O3S/c19-13-6-3-5-12-17(20)16(10-21-18(12)13)26(23,24)22-14-8-9-25-15-7-2-1-4-11(14)15/h1-7,10,14,22H,8-9H2/t14-/m0/s1. The Hall–Kier alpha value is -1.67. The Kier molecular flexibility index (Phi) is 4.64. The lowest BCUT2D eigenvalue weighted by Crippen LogP contribution is -2.32. The number of fused-ring (bicyclic) bond motifs is 2. The van der Waals surface area contributed by atoms with Gasteiger partial charge in [0.1, 0.15) is 10.6 Å². The Morgan fingerprint density at radius 3 is 2.85 bits per heavy atom. The fraction of sp³-hybridized carbons (Fsp3) is 0.167. The number of hydrogen-bond acceptors (Lipinski definition) is 4. The Balaban J connectivity index is 1.75. The molecule has 0 saturated carbocycles. The molecule has 2 heterocycles. The quantitative estimate of drug-likeness (QED) is 0.636. The zero-order valence-corrected chi connectivity index (χ0v) is 16.6. The van der Waals surface area contributed by atoms with E-state index in [1.807, 2.05) is 30.3 Å². The molecule has 1 aliphatic heterocycles. The molecule has 0 saturated heterocycles. The van der Waals surface area contributed by atoms with Gasteiger partial charge in [0, 0.05) is 28.0 Å². The third-order valence-electron chi connectivity index (χ3n) is 4.30. The van der Waals surface area contributed by atoms with Crippen LogP contribution in [0.4, 0.5) is 0 Å². The van der Waals surface area contributed by atoms with E-state index < -0.39 is 10.0 Å². The van der Waals surface area contributed by atoms with Crippen molar-refractivity contribution >= 4 is 48.5 Å². The first kappa shape index (κ1) is 17.7. The van der Waals surface area contributed by atoms with E-state index in [9.17, 15) is 8.42 Å². The zero-order valence-electron chi connectivity index (χ0n) is 13.4. The van der Waals surface area contributed by atoms with E-state index in [-0.39, 0.29) is 16.0 Å². The van der Waals surface area contributed by atoms with Gasteiger partial charge in [-0.15, -0.1) is 0 Å². The van der Waals surface area contributed by atoms with Crippen molar-refractivity contribution in [3.63, 3.8) is 0 Å². The van der Waals surface area contributed by atoms with Gasteiger partial charge in [-0.25, -0.2) is 13.1 Å². The molecular weight excluding hydrogens is 440 g/mol. The third kappa shape index (κ3) is 3.09. The van der Waals surface area contributed by atoms with Crippen LogP contribution in [0.5, 0.6) is 5.75 Å². The number of rotatable bonds is 3. The largest absolute Gasteiger partial charge is 0.493 e. The molecule has 26 heavy (non-hydrogen) atoms. The van der Waals surface area contributed by atoms with Crippen molar-refractivity contribution in [2.75, 3.05) is 6.61 Å². The van der Waals surface area contributed by atoms with E-state index in [0.29, 0.717) is 29.7 Å². The van der Waals surface area contributed by atoms with Gasteiger partial charge >= 0.3 is 0 Å². The van der Waals surface area contributed by atoms with Crippen LogP contribution in [0, 0.1) is 0 Å². The minimum absolute atomic E-state index is 0.0336. The van der Waals surface area contributed by atoms with E-state index in [4.69, 9.17) is 16.3 Å². The molecule has 2 aromatic carbocycles. The van der Waals surface area contributed by atoms with Crippen LogP contribution in [-0.2, 0) is 10.0 Å². The monoisotopic (exact) mass is 452 g/mol. The van der Waals surface area contributed by atoms with Crippen LogP contribution in [0.25, 0.3) is 10.9 Å². The Morgan fingerprint density at radius 2 is 2.00 bits per heavy atom. The number of halogens is 2. The van der Waals surface area contributed by atoms with E-state index in [0.717, 1.165) is 10.0 Å². The van der Waals surface area contributed by atoms with Gasteiger partial charge in [0.15, 0.2) is 0 Å². The molecule has 0 amide bonds. The molecule has 134 valence electrons. The minimum atomic E-state index is -3.85. The molecule has 4 rings (SSSR count).